The molecule has 0 saturated carbocycles. The molecule has 2 aromatic carbocycles. The van der Waals surface area contributed by atoms with Crippen LogP contribution in [0.4, 0.5) is 14.9 Å². The van der Waals surface area contributed by atoms with E-state index in [4.69, 9.17) is 0 Å². The second-order valence-corrected chi connectivity index (χ2v) is 10.1. The predicted octanol–water partition coefficient (Wildman–Crippen LogP) is 5.20. The van der Waals surface area contributed by atoms with E-state index in [1.54, 1.807) is 22.4 Å². The number of hydrogen-bond donors (Lipinski definition) is 1. The van der Waals surface area contributed by atoms with Crippen LogP contribution in [-0.2, 0) is 6.54 Å². The lowest BCUT2D eigenvalue weighted by Crippen LogP contribution is -2.48. The summed E-state index contributed by atoms with van der Waals surface area (Å²) in [7, 11) is 0. The number of carbonyl (C=O) groups is 2. The SMILES string of the molecule is CC(C)N(Cc1nc(C(=O)N2CCN(CC=Cc3ccccc3)CC2)cs1)C(=O)Nc1ccccc1F. The summed E-state index contributed by atoms with van der Waals surface area (Å²) in [5, 5.41) is 5.03. The molecule has 37 heavy (non-hydrogen) atoms. The molecule has 1 aromatic heterocycles. The number of carbonyl (C=O) groups excluding carboxylic acids is 2. The molecule has 0 radical (unpaired) electrons. The molecule has 1 aliphatic rings. The smallest absolute Gasteiger partial charge is 0.322 e. The first-order valence-electron chi connectivity index (χ1n) is 12.4. The lowest BCUT2D eigenvalue weighted by Gasteiger charge is -2.33. The fraction of sp³-hybridized carbons (Fsp3) is 0.321. The van der Waals surface area contributed by atoms with E-state index in [1.807, 2.05) is 36.9 Å². The summed E-state index contributed by atoms with van der Waals surface area (Å²) in [6.07, 6.45) is 4.27. The molecule has 3 aromatic rings. The Balaban J connectivity index is 1.29. The van der Waals surface area contributed by atoms with Crippen molar-refractivity contribution in [3.05, 3.63) is 88.1 Å². The zero-order chi connectivity index (χ0) is 26.2. The molecule has 194 valence electrons. The van der Waals surface area contributed by atoms with Crippen LogP contribution in [0.1, 0.15) is 34.9 Å². The highest BCUT2D eigenvalue weighted by Gasteiger charge is 2.25. The zero-order valence-electron chi connectivity index (χ0n) is 21.1. The van der Waals surface area contributed by atoms with E-state index in [9.17, 15) is 14.0 Å². The van der Waals surface area contributed by atoms with E-state index in [2.05, 4.69) is 39.5 Å². The Morgan fingerprint density at radius 3 is 2.49 bits per heavy atom. The largest absolute Gasteiger partial charge is 0.335 e. The van der Waals surface area contributed by atoms with Crippen molar-refractivity contribution in [2.45, 2.75) is 26.4 Å². The van der Waals surface area contributed by atoms with Gasteiger partial charge in [0.15, 0.2) is 0 Å². The molecule has 2 heterocycles. The van der Waals surface area contributed by atoms with Crippen molar-refractivity contribution in [2.24, 2.45) is 0 Å². The van der Waals surface area contributed by atoms with Crippen molar-refractivity contribution >= 4 is 35.0 Å². The number of nitrogens with zero attached hydrogens (tertiary/aromatic N) is 4. The Morgan fingerprint density at radius 2 is 1.78 bits per heavy atom. The third-order valence-electron chi connectivity index (χ3n) is 6.21. The second-order valence-electron chi connectivity index (χ2n) is 9.16. The number of urea groups is 1. The predicted molar refractivity (Wildman–Crippen MR) is 146 cm³/mol. The fourth-order valence-corrected chi connectivity index (χ4v) is 4.83. The number of amides is 3. The first-order chi connectivity index (χ1) is 17.9. The van der Waals surface area contributed by atoms with E-state index in [0.717, 1.165) is 19.6 Å². The van der Waals surface area contributed by atoms with E-state index in [-0.39, 0.29) is 24.2 Å². The van der Waals surface area contributed by atoms with Crippen LogP contribution in [0.5, 0.6) is 0 Å². The van der Waals surface area contributed by atoms with Gasteiger partial charge in [-0.15, -0.1) is 11.3 Å². The molecule has 1 saturated heterocycles. The number of aromatic nitrogens is 1. The van der Waals surface area contributed by atoms with E-state index in [1.165, 1.54) is 29.0 Å². The highest BCUT2D eigenvalue weighted by Crippen LogP contribution is 2.19. The third-order valence-corrected chi connectivity index (χ3v) is 7.04. The third kappa shape index (κ3) is 7.24. The molecule has 9 heteroatoms. The standard InChI is InChI=1S/C28H32FN5O2S/c1-21(2)34(28(36)31-24-13-7-6-12-23(24)29)19-26-30-25(20-37-26)27(35)33-17-15-32(16-18-33)14-8-11-22-9-4-3-5-10-22/h3-13,20-21H,14-19H2,1-2H3,(H,31,36). The lowest BCUT2D eigenvalue weighted by atomic mass is 10.2. The lowest BCUT2D eigenvalue weighted by molar-refractivity contribution is 0.0645. The van der Waals surface area contributed by atoms with Gasteiger partial charge in [-0.05, 0) is 31.5 Å². The molecular formula is C28H32FN5O2S. The first kappa shape index (κ1) is 26.5. The summed E-state index contributed by atoms with van der Waals surface area (Å²) < 4.78 is 14.0. The van der Waals surface area contributed by atoms with Gasteiger partial charge in [-0.2, -0.15) is 0 Å². The Labute approximate surface area is 221 Å². The van der Waals surface area contributed by atoms with E-state index < -0.39 is 11.8 Å². The summed E-state index contributed by atoms with van der Waals surface area (Å²) >= 11 is 1.35. The van der Waals surface area contributed by atoms with Crippen molar-refractivity contribution in [2.75, 3.05) is 38.0 Å². The molecule has 1 aliphatic heterocycles. The van der Waals surface area contributed by atoms with Crippen LogP contribution >= 0.6 is 11.3 Å². The van der Waals surface area contributed by atoms with Crippen LogP contribution in [-0.4, -0.2) is 70.4 Å². The van der Waals surface area contributed by atoms with E-state index >= 15 is 0 Å². The number of halogens is 1. The number of nitrogens with one attached hydrogen (secondary N) is 1. The van der Waals surface area contributed by atoms with Crippen molar-refractivity contribution in [3.8, 4) is 0 Å². The molecule has 7 nitrogen and oxygen atoms in total. The van der Waals surface area contributed by atoms with Crippen molar-refractivity contribution in [1.82, 2.24) is 19.7 Å². The Bertz CT molecular complexity index is 1220. The van der Waals surface area contributed by atoms with Crippen LogP contribution in [0.15, 0.2) is 66.1 Å². The van der Waals surface area contributed by atoms with Crippen LogP contribution in [0.25, 0.3) is 6.08 Å². The average Bonchev–Trinajstić information content (AvgIpc) is 3.38. The summed E-state index contributed by atoms with van der Waals surface area (Å²) in [6, 6.07) is 15.7. The summed E-state index contributed by atoms with van der Waals surface area (Å²) in [6.45, 7) is 7.75. The van der Waals surface area contributed by atoms with Crippen molar-refractivity contribution in [1.29, 1.82) is 0 Å². The van der Waals surface area contributed by atoms with Gasteiger partial charge in [0.2, 0.25) is 0 Å². The van der Waals surface area contributed by atoms with Gasteiger partial charge in [-0.25, -0.2) is 14.2 Å². The number of para-hydroxylation sites is 1. The molecule has 4 rings (SSSR count). The van der Waals surface area contributed by atoms with Crippen LogP contribution in [0.2, 0.25) is 0 Å². The summed E-state index contributed by atoms with van der Waals surface area (Å²) in [4.78, 5) is 36.1. The van der Waals surface area contributed by atoms with Crippen molar-refractivity contribution < 1.29 is 14.0 Å². The van der Waals surface area contributed by atoms with Gasteiger partial charge in [-0.1, -0.05) is 54.6 Å². The summed E-state index contributed by atoms with van der Waals surface area (Å²) in [5.41, 5.74) is 1.70. The molecule has 0 spiro atoms. The first-order valence-corrected chi connectivity index (χ1v) is 13.3. The average molecular weight is 522 g/mol. The molecule has 1 fully saturated rings. The number of benzene rings is 2. The molecular weight excluding hydrogens is 489 g/mol. The molecule has 0 unspecified atom stereocenters. The van der Waals surface area contributed by atoms with E-state index in [0.29, 0.717) is 23.8 Å². The maximum absolute atomic E-state index is 14.0. The fourth-order valence-electron chi connectivity index (χ4n) is 4.06. The van der Waals surface area contributed by atoms with Crippen LogP contribution < -0.4 is 5.32 Å². The second kappa shape index (κ2) is 12.6. The maximum atomic E-state index is 14.0. The monoisotopic (exact) mass is 521 g/mol. The Hall–Kier alpha value is -3.56. The molecule has 1 N–H and O–H groups in total. The maximum Gasteiger partial charge on any atom is 0.322 e. The number of thiazole rings is 1. The van der Waals surface area contributed by atoms with Crippen LogP contribution in [0, 0.1) is 5.82 Å². The van der Waals surface area contributed by atoms with Gasteiger partial charge in [0.1, 0.15) is 16.5 Å². The molecule has 0 bridgehead atoms. The topological polar surface area (TPSA) is 68.8 Å². The Morgan fingerprint density at radius 1 is 1.08 bits per heavy atom. The number of rotatable bonds is 8. The minimum absolute atomic E-state index is 0.0890. The minimum Gasteiger partial charge on any atom is -0.335 e. The normalized spacial score (nSPS) is 14.3. The molecule has 0 aliphatic carbocycles. The van der Waals surface area contributed by atoms with Gasteiger partial charge in [0, 0.05) is 44.1 Å². The number of piperazine rings is 1. The van der Waals surface area contributed by atoms with Crippen LogP contribution in [0.3, 0.4) is 0 Å². The number of hydrogen-bond acceptors (Lipinski definition) is 5. The quantitative estimate of drug-likeness (QED) is 0.443. The number of anilines is 1. The highest BCUT2D eigenvalue weighted by atomic mass is 32.1. The van der Waals surface area contributed by atoms with Gasteiger partial charge >= 0.3 is 6.03 Å². The van der Waals surface area contributed by atoms with Crippen molar-refractivity contribution in [3.63, 3.8) is 0 Å². The Kier molecular flexibility index (Phi) is 9.03. The minimum atomic E-state index is -0.492. The highest BCUT2D eigenvalue weighted by molar-refractivity contribution is 7.09. The zero-order valence-corrected chi connectivity index (χ0v) is 22.0. The van der Waals surface area contributed by atoms with Gasteiger partial charge in [0.05, 0.1) is 12.2 Å². The molecule has 0 atom stereocenters. The molecule has 3 amide bonds. The van der Waals surface area contributed by atoms with Gasteiger partial charge < -0.3 is 15.1 Å². The van der Waals surface area contributed by atoms with Gasteiger partial charge in [-0.3, -0.25) is 9.69 Å². The van der Waals surface area contributed by atoms with Gasteiger partial charge in [0.25, 0.3) is 5.91 Å². The summed E-state index contributed by atoms with van der Waals surface area (Å²) in [5.74, 6) is -0.581.